The maximum Gasteiger partial charge on any atom is 0.191 e. The number of nitrogens with one attached hydrogen (secondary N) is 2. The molecule has 0 atom stereocenters. The van der Waals surface area contributed by atoms with Gasteiger partial charge in [0.15, 0.2) is 5.96 Å². The van der Waals surface area contributed by atoms with Crippen molar-refractivity contribution in [3.8, 4) is 11.5 Å². The van der Waals surface area contributed by atoms with E-state index in [4.69, 9.17) is 9.47 Å². The highest BCUT2D eigenvalue weighted by atomic mass is 127. The number of rotatable bonds is 6. The molecule has 2 aromatic carbocycles. The van der Waals surface area contributed by atoms with Gasteiger partial charge in [-0.25, -0.2) is 4.39 Å². The summed E-state index contributed by atoms with van der Waals surface area (Å²) in [5.74, 6) is 1.80. The van der Waals surface area contributed by atoms with Crippen molar-refractivity contribution in [3.63, 3.8) is 0 Å². The summed E-state index contributed by atoms with van der Waals surface area (Å²) in [5, 5.41) is 6.37. The summed E-state index contributed by atoms with van der Waals surface area (Å²) in [6.07, 6.45) is 0. The van der Waals surface area contributed by atoms with Crippen molar-refractivity contribution in [2.75, 3.05) is 21.3 Å². The van der Waals surface area contributed by atoms with Gasteiger partial charge in [0, 0.05) is 36.2 Å². The van der Waals surface area contributed by atoms with Gasteiger partial charge in [0.2, 0.25) is 0 Å². The predicted molar refractivity (Wildman–Crippen MR) is 116 cm³/mol. The molecule has 5 nitrogen and oxygen atoms in total. The zero-order valence-corrected chi connectivity index (χ0v) is 18.7. The largest absolute Gasteiger partial charge is 0.497 e. The highest BCUT2D eigenvalue weighted by Gasteiger charge is 2.07. The third-order valence-corrected chi connectivity index (χ3v) is 4.00. The molecule has 0 aliphatic carbocycles. The molecule has 0 saturated carbocycles. The summed E-state index contributed by atoms with van der Waals surface area (Å²) in [7, 11) is 4.92. The van der Waals surface area contributed by atoms with Crippen LogP contribution in [0.25, 0.3) is 0 Å². The summed E-state index contributed by atoms with van der Waals surface area (Å²) in [6, 6.07) is 10.4. The van der Waals surface area contributed by atoms with E-state index in [1.165, 1.54) is 12.1 Å². The van der Waals surface area contributed by atoms with Crippen molar-refractivity contribution in [1.29, 1.82) is 0 Å². The molecule has 0 amide bonds. The molecule has 0 unspecified atom stereocenters. The van der Waals surface area contributed by atoms with Crippen LogP contribution in [0.15, 0.2) is 45.9 Å². The van der Waals surface area contributed by atoms with Crippen LogP contribution >= 0.6 is 39.9 Å². The van der Waals surface area contributed by atoms with Crippen LogP contribution in [0.5, 0.6) is 11.5 Å². The third-order valence-electron chi connectivity index (χ3n) is 3.55. The number of benzene rings is 2. The van der Waals surface area contributed by atoms with Crippen LogP contribution in [-0.4, -0.2) is 27.2 Å². The summed E-state index contributed by atoms with van der Waals surface area (Å²) in [5.41, 5.74) is 1.79. The average molecular weight is 538 g/mol. The molecule has 0 spiro atoms. The van der Waals surface area contributed by atoms with Gasteiger partial charge in [0.05, 0.1) is 14.2 Å². The van der Waals surface area contributed by atoms with Gasteiger partial charge < -0.3 is 20.1 Å². The van der Waals surface area contributed by atoms with Crippen molar-refractivity contribution >= 4 is 45.9 Å². The molecule has 2 aromatic rings. The fourth-order valence-electron chi connectivity index (χ4n) is 2.30. The molecule has 0 aliphatic heterocycles. The summed E-state index contributed by atoms with van der Waals surface area (Å²) in [4.78, 5) is 4.18. The topological polar surface area (TPSA) is 54.9 Å². The normalized spacial score (nSPS) is 10.7. The fraction of sp³-hybridized carbons (Fsp3) is 0.278. The molecular formula is C18H22BrFIN3O2. The van der Waals surface area contributed by atoms with Crippen LogP contribution in [0.3, 0.4) is 0 Å². The van der Waals surface area contributed by atoms with Gasteiger partial charge in [-0.15, -0.1) is 24.0 Å². The van der Waals surface area contributed by atoms with Crippen LogP contribution in [0.2, 0.25) is 0 Å². The van der Waals surface area contributed by atoms with E-state index in [9.17, 15) is 4.39 Å². The summed E-state index contributed by atoms with van der Waals surface area (Å²) < 4.78 is 24.7. The molecule has 0 heterocycles. The molecule has 0 aliphatic rings. The Kier molecular flexibility index (Phi) is 9.71. The van der Waals surface area contributed by atoms with Crippen molar-refractivity contribution < 1.29 is 13.9 Å². The van der Waals surface area contributed by atoms with Crippen LogP contribution in [0.4, 0.5) is 4.39 Å². The maximum atomic E-state index is 13.4. The van der Waals surface area contributed by atoms with E-state index in [2.05, 4.69) is 31.6 Å². The molecule has 0 bridgehead atoms. The van der Waals surface area contributed by atoms with Crippen LogP contribution in [0.1, 0.15) is 11.1 Å². The highest BCUT2D eigenvalue weighted by molar-refractivity contribution is 14.0. The highest BCUT2D eigenvalue weighted by Crippen LogP contribution is 2.24. The Labute approximate surface area is 178 Å². The molecule has 0 radical (unpaired) electrons. The quantitative estimate of drug-likeness (QED) is 0.331. The number of guanidine groups is 1. The van der Waals surface area contributed by atoms with Gasteiger partial charge in [-0.2, -0.15) is 0 Å². The Morgan fingerprint density at radius 3 is 2.42 bits per heavy atom. The number of ether oxygens (including phenoxy) is 2. The summed E-state index contributed by atoms with van der Waals surface area (Å²) >= 11 is 3.29. The van der Waals surface area contributed by atoms with Gasteiger partial charge in [-0.1, -0.05) is 15.9 Å². The van der Waals surface area contributed by atoms with E-state index in [1.807, 2.05) is 24.3 Å². The van der Waals surface area contributed by atoms with Gasteiger partial charge >= 0.3 is 0 Å². The Bertz CT molecular complexity index is 739. The molecular weight excluding hydrogens is 516 g/mol. The minimum Gasteiger partial charge on any atom is -0.497 e. The van der Waals surface area contributed by atoms with Crippen molar-refractivity contribution in [1.82, 2.24) is 10.6 Å². The number of halogens is 3. The van der Waals surface area contributed by atoms with E-state index in [0.29, 0.717) is 23.5 Å². The lowest BCUT2D eigenvalue weighted by Gasteiger charge is -2.14. The molecule has 2 N–H and O–H groups in total. The second-order valence-electron chi connectivity index (χ2n) is 5.23. The van der Waals surface area contributed by atoms with E-state index in [1.54, 1.807) is 21.3 Å². The molecule has 2 rings (SSSR count). The second-order valence-corrected chi connectivity index (χ2v) is 6.15. The van der Waals surface area contributed by atoms with Crippen LogP contribution in [0, 0.1) is 5.82 Å². The second kappa shape index (κ2) is 11.2. The van der Waals surface area contributed by atoms with Gasteiger partial charge in [-0.3, -0.25) is 4.99 Å². The number of hydrogen-bond donors (Lipinski definition) is 2. The summed E-state index contributed by atoms with van der Waals surface area (Å²) in [6.45, 7) is 0.982. The lowest BCUT2D eigenvalue weighted by molar-refractivity contribution is 0.390. The molecule has 0 fully saturated rings. The Morgan fingerprint density at radius 1 is 1.08 bits per heavy atom. The first-order valence-corrected chi connectivity index (χ1v) is 8.45. The van der Waals surface area contributed by atoms with Gasteiger partial charge in [0.1, 0.15) is 17.3 Å². The fourth-order valence-corrected chi connectivity index (χ4v) is 2.81. The van der Waals surface area contributed by atoms with Gasteiger partial charge in [-0.05, 0) is 35.9 Å². The first-order chi connectivity index (χ1) is 12.0. The minimum atomic E-state index is -0.280. The zero-order chi connectivity index (χ0) is 18.2. The zero-order valence-electron chi connectivity index (χ0n) is 14.8. The molecule has 26 heavy (non-hydrogen) atoms. The molecule has 0 aromatic heterocycles. The van der Waals surface area contributed by atoms with Crippen molar-refractivity contribution in [3.05, 3.63) is 57.8 Å². The van der Waals surface area contributed by atoms with E-state index in [-0.39, 0.29) is 29.8 Å². The predicted octanol–water partition coefficient (Wildman–Crippen LogP) is 4.09. The first kappa shape index (κ1) is 22.5. The van der Waals surface area contributed by atoms with Crippen molar-refractivity contribution in [2.45, 2.75) is 13.1 Å². The first-order valence-electron chi connectivity index (χ1n) is 7.66. The lowest BCUT2D eigenvalue weighted by atomic mass is 10.2. The molecule has 142 valence electrons. The monoisotopic (exact) mass is 537 g/mol. The van der Waals surface area contributed by atoms with Gasteiger partial charge in [0.25, 0.3) is 0 Å². The van der Waals surface area contributed by atoms with Crippen LogP contribution < -0.4 is 20.1 Å². The number of methoxy groups -OCH3 is 2. The average Bonchev–Trinajstić information content (AvgIpc) is 2.61. The number of hydrogen-bond acceptors (Lipinski definition) is 3. The minimum absolute atomic E-state index is 0. The van der Waals surface area contributed by atoms with Crippen LogP contribution in [-0.2, 0) is 13.1 Å². The Balaban J connectivity index is 0.00000338. The third kappa shape index (κ3) is 6.64. The molecule has 8 heteroatoms. The molecule has 0 saturated heterocycles. The smallest absolute Gasteiger partial charge is 0.191 e. The van der Waals surface area contributed by atoms with E-state index >= 15 is 0 Å². The standard InChI is InChI=1S/C18H21BrFN3O2.HI/c1-21-18(22-10-12-6-14(19)8-15(20)7-12)23-11-13-4-5-16(24-2)9-17(13)25-3;/h4-9H,10-11H2,1-3H3,(H2,21,22,23);1H. The number of nitrogens with zero attached hydrogens (tertiary/aromatic N) is 1. The number of aliphatic imine (C=N–C) groups is 1. The lowest BCUT2D eigenvalue weighted by Crippen LogP contribution is -2.36. The Morgan fingerprint density at radius 2 is 1.81 bits per heavy atom. The van der Waals surface area contributed by atoms with E-state index in [0.717, 1.165) is 22.6 Å². The Hall–Kier alpha value is -1.55. The van der Waals surface area contributed by atoms with E-state index < -0.39 is 0 Å². The SMILES string of the molecule is CN=C(NCc1cc(F)cc(Br)c1)NCc1ccc(OC)cc1OC.I. The van der Waals surface area contributed by atoms with Crippen molar-refractivity contribution in [2.24, 2.45) is 4.99 Å². The maximum absolute atomic E-state index is 13.4.